The lowest BCUT2D eigenvalue weighted by Crippen LogP contribution is -2.25. The largest absolute Gasteiger partial charge is 0.481 e. The van der Waals surface area contributed by atoms with Crippen LogP contribution < -0.4 is 0 Å². The lowest BCUT2D eigenvalue weighted by atomic mass is 9.95. The Morgan fingerprint density at radius 1 is 1.62 bits per heavy atom. The molecule has 1 atom stereocenters. The molecule has 1 heterocycles. The van der Waals surface area contributed by atoms with Crippen LogP contribution in [0.5, 0.6) is 0 Å². The van der Waals surface area contributed by atoms with Crippen LogP contribution in [0.1, 0.15) is 33.1 Å². The highest BCUT2D eigenvalue weighted by molar-refractivity contribution is 5.79. The SMILES string of the molecule is CC1(C)CCC(C(=O)O)CC(=O)O1. The fourth-order valence-corrected chi connectivity index (χ4v) is 1.44. The maximum absolute atomic E-state index is 11.1. The van der Waals surface area contributed by atoms with Gasteiger partial charge in [0.25, 0.3) is 0 Å². The molecule has 0 radical (unpaired) electrons. The van der Waals surface area contributed by atoms with Crippen LogP contribution in [-0.4, -0.2) is 22.6 Å². The highest BCUT2D eigenvalue weighted by atomic mass is 16.6. The smallest absolute Gasteiger partial charge is 0.307 e. The Morgan fingerprint density at radius 3 is 2.77 bits per heavy atom. The van der Waals surface area contributed by atoms with Crippen molar-refractivity contribution in [2.24, 2.45) is 5.92 Å². The topological polar surface area (TPSA) is 63.6 Å². The Morgan fingerprint density at radius 2 is 2.23 bits per heavy atom. The second kappa shape index (κ2) is 3.36. The average molecular weight is 186 g/mol. The molecule has 0 saturated carbocycles. The van der Waals surface area contributed by atoms with Crippen molar-refractivity contribution in [2.45, 2.75) is 38.7 Å². The maximum Gasteiger partial charge on any atom is 0.307 e. The minimum Gasteiger partial charge on any atom is -0.481 e. The van der Waals surface area contributed by atoms with Crippen LogP contribution in [0, 0.1) is 5.92 Å². The van der Waals surface area contributed by atoms with E-state index in [2.05, 4.69) is 0 Å². The number of hydrogen-bond acceptors (Lipinski definition) is 3. The van der Waals surface area contributed by atoms with Crippen LogP contribution >= 0.6 is 0 Å². The fraction of sp³-hybridized carbons (Fsp3) is 0.778. The van der Waals surface area contributed by atoms with Gasteiger partial charge in [0.2, 0.25) is 0 Å². The van der Waals surface area contributed by atoms with E-state index in [1.165, 1.54) is 0 Å². The normalized spacial score (nSPS) is 27.5. The summed E-state index contributed by atoms with van der Waals surface area (Å²) in [5.41, 5.74) is -0.513. The van der Waals surface area contributed by atoms with E-state index in [1.54, 1.807) is 13.8 Å². The van der Waals surface area contributed by atoms with Gasteiger partial charge in [-0.25, -0.2) is 0 Å². The van der Waals surface area contributed by atoms with Crippen molar-refractivity contribution in [1.82, 2.24) is 0 Å². The first-order valence-corrected chi connectivity index (χ1v) is 4.35. The standard InChI is InChI=1S/C9H14O4/c1-9(2)4-3-6(8(11)12)5-7(10)13-9/h6H,3-5H2,1-2H3,(H,11,12). The maximum atomic E-state index is 11.1. The Labute approximate surface area is 76.9 Å². The molecule has 0 amide bonds. The molecule has 74 valence electrons. The first-order valence-electron chi connectivity index (χ1n) is 4.35. The highest BCUT2D eigenvalue weighted by Crippen LogP contribution is 2.27. The molecule has 1 aliphatic rings. The molecule has 0 aromatic rings. The molecule has 4 nitrogen and oxygen atoms in total. The molecule has 0 aliphatic carbocycles. The zero-order valence-corrected chi connectivity index (χ0v) is 7.87. The van der Waals surface area contributed by atoms with Gasteiger partial charge in [0.1, 0.15) is 5.60 Å². The molecule has 1 aliphatic heterocycles. The van der Waals surface area contributed by atoms with Crippen molar-refractivity contribution in [3.63, 3.8) is 0 Å². The third-order valence-electron chi connectivity index (χ3n) is 2.25. The van der Waals surface area contributed by atoms with Gasteiger partial charge in [-0.3, -0.25) is 9.59 Å². The van der Waals surface area contributed by atoms with Crippen molar-refractivity contribution in [3.05, 3.63) is 0 Å². The zero-order chi connectivity index (χ0) is 10.1. The van der Waals surface area contributed by atoms with Gasteiger partial charge in [-0.05, 0) is 26.7 Å². The molecule has 13 heavy (non-hydrogen) atoms. The average Bonchev–Trinajstić information content (AvgIpc) is 2.07. The highest BCUT2D eigenvalue weighted by Gasteiger charge is 2.33. The third kappa shape index (κ3) is 2.72. The molecule has 0 spiro atoms. The van der Waals surface area contributed by atoms with Crippen molar-refractivity contribution in [3.8, 4) is 0 Å². The zero-order valence-electron chi connectivity index (χ0n) is 7.87. The van der Waals surface area contributed by atoms with E-state index >= 15 is 0 Å². The number of cyclic esters (lactones) is 1. The molecular formula is C9H14O4. The molecule has 0 bridgehead atoms. The van der Waals surface area contributed by atoms with Crippen LogP contribution in [0.25, 0.3) is 0 Å². The minimum atomic E-state index is -0.908. The van der Waals surface area contributed by atoms with Gasteiger partial charge < -0.3 is 9.84 Å². The number of rotatable bonds is 1. The molecule has 0 aromatic heterocycles. The Hall–Kier alpha value is -1.06. The summed E-state index contributed by atoms with van der Waals surface area (Å²) in [6, 6.07) is 0. The van der Waals surface area contributed by atoms with Crippen LogP contribution in [0.4, 0.5) is 0 Å². The summed E-state index contributed by atoms with van der Waals surface area (Å²) < 4.78 is 5.08. The van der Waals surface area contributed by atoms with E-state index in [4.69, 9.17) is 9.84 Å². The van der Waals surface area contributed by atoms with E-state index in [9.17, 15) is 9.59 Å². The number of carboxylic acid groups (broad SMARTS) is 1. The molecule has 4 heteroatoms. The predicted molar refractivity (Wildman–Crippen MR) is 45.1 cm³/mol. The molecule has 1 saturated heterocycles. The lowest BCUT2D eigenvalue weighted by molar-refractivity contribution is -0.157. The quantitative estimate of drug-likeness (QED) is 0.625. The summed E-state index contributed by atoms with van der Waals surface area (Å²) in [6.45, 7) is 3.60. The van der Waals surface area contributed by atoms with E-state index in [-0.39, 0.29) is 6.42 Å². The molecule has 1 unspecified atom stereocenters. The van der Waals surface area contributed by atoms with E-state index in [1.807, 2.05) is 0 Å². The first kappa shape index (κ1) is 10.0. The van der Waals surface area contributed by atoms with Gasteiger partial charge in [-0.15, -0.1) is 0 Å². The summed E-state index contributed by atoms with van der Waals surface area (Å²) in [7, 11) is 0. The number of carboxylic acids is 1. The first-order chi connectivity index (χ1) is 5.91. The van der Waals surface area contributed by atoms with Crippen LogP contribution in [-0.2, 0) is 14.3 Å². The van der Waals surface area contributed by atoms with Crippen LogP contribution in [0.3, 0.4) is 0 Å². The molecule has 0 aromatic carbocycles. The summed E-state index contributed by atoms with van der Waals surface area (Å²) in [6.07, 6.45) is 1.11. The van der Waals surface area contributed by atoms with Crippen molar-refractivity contribution >= 4 is 11.9 Å². The van der Waals surface area contributed by atoms with Gasteiger partial charge >= 0.3 is 11.9 Å². The second-order valence-corrected chi connectivity index (χ2v) is 4.01. The Balaban J connectivity index is 2.69. The van der Waals surface area contributed by atoms with Gasteiger partial charge in [0, 0.05) is 0 Å². The third-order valence-corrected chi connectivity index (χ3v) is 2.25. The van der Waals surface area contributed by atoms with Crippen LogP contribution in [0.2, 0.25) is 0 Å². The molecule has 1 fully saturated rings. The van der Waals surface area contributed by atoms with Crippen molar-refractivity contribution in [1.29, 1.82) is 0 Å². The summed E-state index contributed by atoms with van der Waals surface area (Å²) >= 11 is 0. The number of carbonyl (C=O) groups is 2. The number of hydrogen-bond donors (Lipinski definition) is 1. The van der Waals surface area contributed by atoms with E-state index in [0.29, 0.717) is 12.8 Å². The van der Waals surface area contributed by atoms with Gasteiger partial charge in [0.15, 0.2) is 0 Å². The van der Waals surface area contributed by atoms with E-state index in [0.717, 1.165) is 0 Å². The molecule has 1 rings (SSSR count). The number of esters is 1. The number of carbonyl (C=O) groups excluding carboxylic acids is 1. The monoisotopic (exact) mass is 186 g/mol. The van der Waals surface area contributed by atoms with Gasteiger partial charge in [-0.1, -0.05) is 0 Å². The predicted octanol–water partition coefficient (Wildman–Crippen LogP) is 1.19. The summed E-state index contributed by atoms with van der Waals surface area (Å²) in [4.78, 5) is 21.8. The van der Waals surface area contributed by atoms with Crippen LogP contribution in [0.15, 0.2) is 0 Å². The Bertz CT molecular complexity index is 232. The molecular weight excluding hydrogens is 172 g/mol. The molecule has 1 N–H and O–H groups in total. The van der Waals surface area contributed by atoms with Gasteiger partial charge in [0.05, 0.1) is 12.3 Å². The number of ether oxygens (including phenoxy) is 1. The van der Waals surface area contributed by atoms with Gasteiger partial charge in [-0.2, -0.15) is 0 Å². The Kier molecular flexibility index (Phi) is 2.59. The minimum absolute atomic E-state index is 0.00123. The fourth-order valence-electron chi connectivity index (χ4n) is 1.44. The lowest BCUT2D eigenvalue weighted by Gasteiger charge is -2.21. The van der Waals surface area contributed by atoms with Crippen molar-refractivity contribution < 1.29 is 19.4 Å². The second-order valence-electron chi connectivity index (χ2n) is 4.01. The van der Waals surface area contributed by atoms with E-state index < -0.39 is 23.5 Å². The summed E-state index contributed by atoms with van der Waals surface area (Å²) in [5, 5.41) is 8.74. The number of aliphatic carboxylic acids is 1. The van der Waals surface area contributed by atoms with Crippen molar-refractivity contribution in [2.75, 3.05) is 0 Å². The summed E-state index contributed by atoms with van der Waals surface area (Å²) in [5.74, 6) is -1.89.